The Morgan fingerprint density at radius 1 is 0.833 bits per heavy atom. The Balaban J connectivity index is 2.49. The third kappa shape index (κ3) is 1.92. The molecule has 0 unspecified atom stereocenters. The normalized spacial score (nSPS) is 43.0. The van der Waals surface area contributed by atoms with Crippen molar-refractivity contribution in [3.05, 3.63) is 0 Å². The van der Waals surface area contributed by atoms with Crippen LogP contribution in [-0.4, -0.2) is 58.4 Å². The van der Waals surface area contributed by atoms with Crippen LogP contribution in [-0.2, 0) is 9.47 Å². The summed E-state index contributed by atoms with van der Waals surface area (Å²) in [6.07, 6.45) is -4.53. The van der Waals surface area contributed by atoms with Crippen LogP contribution in [0.15, 0.2) is 0 Å². The van der Waals surface area contributed by atoms with E-state index in [-0.39, 0.29) is 0 Å². The lowest BCUT2D eigenvalue weighted by molar-refractivity contribution is -0.338. The summed E-state index contributed by atoms with van der Waals surface area (Å²) >= 11 is 0. The van der Waals surface area contributed by atoms with Crippen molar-refractivity contribution in [1.82, 2.24) is 0 Å². The Morgan fingerprint density at radius 2 is 1.17 bits per heavy atom. The van der Waals surface area contributed by atoms with E-state index in [2.05, 4.69) is 0 Å². The fraction of sp³-hybridized carbons (Fsp3) is 1.00. The molecule has 1 heterocycles. The summed E-state index contributed by atoms with van der Waals surface area (Å²) in [4.78, 5) is 0. The van der Waals surface area contributed by atoms with Crippen LogP contribution in [0.25, 0.3) is 0 Å². The van der Waals surface area contributed by atoms with Crippen LogP contribution in [0, 0.1) is 0 Å². The molecular formula is C6H12O6. The first-order valence-electron chi connectivity index (χ1n) is 3.57. The van der Waals surface area contributed by atoms with Crippen molar-refractivity contribution in [2.24, 2.45) is 0 Å². The van der Waals surface area contributed by atoms with Crippen LogP contribution in [0.4, 0.5) is 0 Å². The Kier molecular flexibility index (Phi) is 3.39. The molecule has 6 heteroatoms. The van der Waals surface area contributed by atoms with Gasteiger partial charge in [0.15, 0.2) is 12.6 Å². The molecule has 0 bridgehead atoms. The molecule has 0 amide bonds. The predicted molar refractivity (Wildman–Crippen MR) is 35.9 cm³/mol. The molecule has 1 rings (SSSR count). The number of aliphatic hydroxyl groups excluding tert-OH is 4. The lowest BCUT2D eigenvalue weighted by Crippen LogP contribution is -2.51. The summed E-state index contributed by atoms with van der Waals surface area (Å²) in [6, 6.07) is 0. The lowest BCUT2D eigenvalue weighted by atomic mass is 10.2. The number of hydrogen-bond donors (Lipinski definition) is 4. The van der Waals surface area contributed by atoms with Gasteiger partial charge >= 0.3 is 0 Å². The molecule has 72 valence electrons. The lowest BCUT2D eigenvalue weighted by Gasteiger charge is -2.35. The highest BCUT2D eigenvalue weighted by Crippen LogP contribution is 2.16. The summed E-state index contributed by atoms with van der Waals surface area (Å²) < 4.78 is 9.44. The maximum absolute atomic E-state index is 9.06. The van der Waals surface area contributed by atoms with Crippen molar-refractivity contribution in [2.75, 3.05) is 13.2 Å². The Labute approximate surface area is 69.0 Å². The first-order chi connectivity index (χ1) is 5.69. The number of aliphatic hydroxyl groups is 4. The quantitative estimate of drug-likeness (QED) is 0.371. The maximum Gasteiger partial charge on any atom is 0.184 e. The second kappa shape index (κ2) is 4.13. The van der Waals surface area contributed by atoms with Gasteiger partial charge < -0.3 is 29.9 Å². The largest absolute Gasteiger partial charge is 0.393 e. The van der Waals surface area contributed by atoms with Gasteiger partial charge in [-0.15, -0.1) is 0 Å². The van der Waals surface area contributed by atoms with Crippen molar-refractivity contribution in [3.8, 4) is 0 Å². The molecule has 6 nitrogen and oxygen atoms in total. The first-order valence-corrected chi connectivity index (χ1v) is 3.57. The highest BCUT2D eigenvalue weighted by Gasteiger charge is 2.36. The van der Waals surface area contributed by atoms with Gasteiger partial charge in [-0.1, -0.05) is 0 Å². The molecule has 0 radical (unpaired) electrons. The van der Waals surface area contributed by atoms with Crippen LogP contribution in [0.1, 0.15) is 0 Å². The molecule has 1 saturated heterocycles. The van der Waals surface area contributed by atoms with Gasteiger partial charge in [0.2, 0.25) is 0 Å². The van der Waals surface area contributed by atoms with Crippen molar-refractivity contribution in [3.63, 3.8) is 0 Å². The molecule has 0 aromatic carbocycles. The van der Waals surface area contributed by atoms with Crippen LogP contribution in [0.2, 0.25) is 0 Å². The summed E-state index contributed by atoms with van der Waals surface area (Å²) in [5, 5.41) is 35.3. The van der Waals surface area contributed by atoms with Crippen LogP contribution >= 0.6 is 0 Å². The minimum Gasteiger partial charge on any atom is -0.393 e. The zero-order chi connectivity index (χ0) is 9.14. The average molecular weight is 180 g/mol. The molecule has 1 aliphatic heterocycles. The Morgan fingerprint density at radius 3 is 1.42 bits per heavy atom. The molecule has 0 spiro atoms. The van der Waals surface area contributed by atoms with Crippen LogP contribution in [0.5, 0.6) is 0 Å². The molecule has 0 aromatic heterocycles. The third-order valence-electron chi connectivity index (χ3n) is 1.62. The smallest absolute Gasteiger partial charge is 0.184 e. The molecule has 12 heavy (non-hydrogen) atoms. The summed E-state index contributed by atoms with van der Waals surface area (Å²) in [7, 11) is 0. The van der Waals surface area contributed by atoms with Gasteiger partial charge in [0.05, 0.1) is 13.2 Å². The monoisotopic (exact) mass is 180 g/mol. The zero-order valence-electron chi connectivity index (χ0n) is 6.33. The van der Waals surface area contributed by atoms with E-state index in [1.807, 2.05) is 0 Å². The molecule has 0 saturated carbocycles. The van der Waals surface area contributed by atoms with Gasteiger partial charge in [-0.05, 0) is 0 Å². The molecule has 0 aliphatic carbocycles. The minimum absolute atomic E-state index is 0.448. The van der Waals surface area contributed by atoms with Gasteiger partial charge in [-0.2, -0.15) is 0 Å². The van der Waals surface area contributed by atoms with Crippen molar-refractivity contribution < 1.29 is 29.9 Å². The SMILES string of the molecule is OC[C@@H]1O[C@@H](O)[C@@H](CO)O[C@@H]1O. The second-order valence-corrected chi connectivity index (χ2v) is 2.50. The first kappa shape index (κ1) is 9.85. The molecule has 4 N–H and O–H groups in total. The van der Waals surface area contributed by atoms with E-state index < -0.39 is 38.0 Å². The second-order valence-electron chi connectivity index (χ2n) is 2.50. The van der Waals surface area contributed by atoms with E-state index in [1.165, 1.54) is 0 Å². The Hall–Kier alpha value is -0.240. The van der Waals surface area contributed by atoms with E-state index in [1.54, 1.807) is 0 Å². The molecule has 0 aromatic rings. The van der Waals surface area contributed by atoms with E-state index in [9.17, 15) is 0 Å². The third-order valence-corrected chi connectivity index (χ3v) is 1.62. The van der Waals surface area contributed by atoms with E-state index in [0.717, 1.165) is 0 Å². The minimum atomic E-state index is -1.31. The topological polar surface area (TPSA) is 99.4 Å². The molecular weight excluding hydrogens is 168 g/mol. The van der Waals surface area contributed by atoms with Crippen LogP contribution < -0.4 is 0 Å². The Bertz CT molecular complexity index is 124. The van der Waals surface area contributed by atoms with Crippen LogP contribution in [0.3, 0.4) is 0 Å². The molecule has 1 fully saturated rings. The number of rotatable bonds is 2. The van der Waals surface area contributed by atoms with Gasteiger partial charge in [-0.25, -0.2) is 0 Å². The average Bonchev–Trinajstić information content (AvgIpc) is 2.08. The fourth-order valence-electron chi connectivity index (χ4n) is 0.934. The van der Waals surface area contributed by atoms with Gasteiger partial charge in [-0.3, -0.25) is 0 Å². The van der Waals surface area contributed by atoms with E-state index >= 15 is 0 Å². The van der Waals surface area contributed by atoms with E-state index in [0.29, 0.717) is 0 Å². The van der Waals surface area contributed by atoms with Gasteiger partial charge in [0.25, 0.3) is 0 Å². The number of hydrogen-bond acceptors (Lipinski definition) is 6. The maximum atomic E-state index is 9.06. The van der Waals surface area contributed by atoms with Crippen molar-refractivity contribution >= 4 is 0 Å². The molecule has 4 atom stereocenters. The highest BCUT2D eigenvalue weighted by atomic mass is 16.7. The standard InChI is InChI=1S/C6H12O6/c7-1-3-5(9)12-4(2-8)6(10)11-3/h3-10H,1-2H2/t3-,4+,5-,6+. The van der Waals surface area contributed by atoms with Crippen molar-refractivity contribution in [2.45, 2.75) is 24.8 Å². The fourth-order valence-corrected chi connectivity index (χ4v) is 0.934. The van der Waals surface area contributed by atoms with Crippen molar-refractivity contribution in [1.29, 1.82) is 0 Å². The predicted octanol–water partition coefficient (Wildman–Crippen LogP) is -2.61. The number of ether oxygens (including phenoxy) is 2. The summed E-state index contributed by atoms with van der Waals surface area (Å²) in [5.74, 6) is 0. The van der Waals surface area contributed by atoms with Gasteiger partial charge in [0, 0.05) is 0 Å². The van der Waals surface area contributed by atoms with Gasteiger partial charge in [0.1, 0.15) is 12.2 Å². The highest BCUT2D eigenvalue weighted by molar-refractivity contribution is 4.72. The van der Waals surface area contributed by atoms with E-state index in [4.69, 9.17) is 29.9 Å². The molecule has 1 aliphatic rings. The summed E-state index contributed by atoms with van der Waals surface area (Å²) in [6.45, 7) is -0.896. The zero-order valence-corrected chi connectivity index (χ0v) is 6.33. The summed E-state index contributed by atoms with van der Waals surface area (Å²) in [5.41, 5.74) is 0.